The van der Waals surface area contributed by atoms with E-state index in [1.807, 2.05) is 24.3 Å². The van der Waals surface area contributed by atoms with E-state index in [4.69, 9.17) is 9.47 Å². The molecule has 0 aromatic heterocycles. The van der Waals surface area contributed by atoms with E-state index in [1.165, 1.54) is 6.92 Å². The third-order valence-corrected chi connectivity index (χ3v) is 2.15. The molecule has 1 heterocycles. The van der Waals surface area contributed by atoms with Gasteiger partial charge in [-0.25, -0.2) is 0 Å². The SMILES string of the molecule is CC(=O)NCCC1=COc2ccccc2O1. The molecule has 16 heavy (non-hydrogen) atoms. The zero-order valence-electron chi connectivity index (χ0n) is 9.03. The van der Waals surface area contributed by atoms with Crippen molar-refractivity contribution in [2.75, 3.05) is 6.54 Å². The average molecular weight is 219 g/mol. The molecule has 4 nitrogen and oxygen atoms in total. The first kappa shape index (κ1) is 10.5. The molecular formula is C12H13NO3. The molecule has 4 heteroatoms. The molecule has 1 N–H and O–H groups in total. The first-order valence-electron chi connectivity index (χ1n) is 5.13. The van der Waals surface area contributed by atoms with E-state index in [0.29, 0.717) is 30.2 Å². The third kappa shape index (κ3) is 2.53. The Balaban J connectivity index is 1.91. The minimum absolute atomic E-state index is 0.0438. The second-order valence-corrected chi connectivity index (χ2v) is 3.48. The summed E-state index contributed by atoms with van der Waals surface area (Å²) in [5.41, 5.74) is 0. The van der Waals surface area contributed by atoms with Gasteiger partial charge < -0.3 is 14.8 Å². The Morgan fingerprint density at radius 3 is 2.81 bits per heavy atom. The second kappa shape index (κ2) is 4.70. The largest absolute Gasteiger partial charge is 0.458 e. The van der Waals surface area contributed by atoms with E-state index in [9.17, 15) is 4.79 Å². The van der Waals surface area contributed by atoms with Gasteiger partial charge in [-0.2, -0.15) is 0 Å². The van der Waals surface area contributed by atoms with Crippen LogP contribution in [0.25, 0.3) is 0 Å². The van der Waals surface area contributed by atoms with Gasteiger partial charge in [0.25, 0.3) is 0 Å². The van der Waals surface area contributed by atoms with E-state index in [-0.39, 0.29) is 5.91 Å². The Hall–Kier alpha value is -1.97. The Bertz CT molecular complexity index is 426. The number of hydrogen-bond acceptors (Lipinski definition) is 3. The van der Waals surface area contributed by atoms with E-state index < -0.39 is 0 Å². The third-order valence-electron chi connectivity index (χ3n) is 2.15. The summed E-state index contributed by atoms with van der Waals surface area (Å²) in [6, 6.07) is 7.47. The minimum Gasteiger partial charge on any atom is -0.458 e. The molecule has 1 amide bonds. The van der Waals surface area contributed by atoms with Crippen molar-refractivity contribution in [3.8, 4) is 11.5 Å². The number of benzene rings is 1. The van der Waals surface area contributed by atoms with Crippen molar-refractivity contribution in [1.29, 1.82) is 0 Å². The van der Waals surface area contributed by atoms with Gasteiger partial charge in [0.15, 0.2) is 11.5 Å². The van der Waals surface area contributed by atoms with E-state index >= 15 is 0 Å². The van der Waals surface area contributed by atoms with Crippen molar-refractivity contribution in [2.45, 2.75) is 13.3 Å². The molecule has 1 aromatic carbocycles. The van der Waals surface area contributed by atoms with Gasteiger partial charge in [0, 0.05) is 19.9 Å². The maximum Gasteiger partial charge on any atom is 0.216 e. The topological polar surface area (TPSA) is 47.6 Å². The van der Waals surface area contributed by atoms with Crippen LogP contribution in [0.5, 0.6) is 11.5 Å². The van der Waals surface area contributed by atoms with Gasteiger partial charge in [-0.1, -0.05) is 12.1 Å². The molecule has 1 aliphatic heterocycles. The minimum atomic E-state index is -0.0438. The number of fused-ring (bicyclic) bond motifs is 1. The lowest BCUT2D eigenvalue weighted by Crippen LogP contribution is -2.22. The zero-order chi connectivity index (χ0) is 11.4. The summed E-state index contributed by atoms with van der Waals surface area (Å²) >= 11 is 0. The average Bonchev–Trinajstić information content (AvgIpc) is 2.28. The van der Waals surface area contributed by atoms with Crippen LogP contribution in [-0.4, -0.2) is 12.5 Å². The first-order chi connectivity index (χ1) is 7.75. The number of rotatable bonds is 3. The molecule has 0 bridgehead atoms. The second-order valence-electron chi connectivity index (χ2n) is 3.48. The van der Waals surface area contributed by atoms with Crippen LogP contribution in [0.4, 0.5) is 0 Å². The van der Waals surface area contributed by atoms with Gasteiger partial charge in [-0.05, 0) is 12.1 Å². The fourth-order valence-electron chi connectivity index (χ4n) is 1.40. The van der Waals surface area contributed by atoms with E-state index in [0.717, 1.165) is 0 Å². The highest BCUT2D eigenvalue weighted by Crippen LogP contribution is 2.32. The number of para-hydroxylation sites is 2. The lowest BCUT2D eigenvalue weighted by Gasteiger charge is -2.17. The molecule has 0 radical (unpaired) electrons. The van der Waals surface area contributed by atoms with E-state index in [1.54, 1.807) is 6.26 Å². The molecule has 0 aliphatic carbocycles. The molecule has 1 aliphatic rings. The summed E-state index contributed by atoms with van der Waals surface area (Å²) < 4.78 is 11.0. The number of amides is 1. The maximum absolute atomic E-state index is 10.7. The van der Waals surface area contributed by atoms with Crippen molar-refractivity contribution in [3.05, 3.63) is 36.3 Å². The normalized spacial score (nSPS) is 12.9. The van der Waals surface area contributed by atoms with Crippen LogP contribution in [0.1, 0.15) is 13.3 Å². The van der Waals surface area contributed by atoms with Crippen LogP contribution >= 0.6 is 0 Å². The highest BCUT2D eigenvalue weighted by Gasteiger charge is 2.12. The highest BCUT2D eigenvalue weighted by atomic mass is 16.6. The van der Waals surface area contributed by atoms with Crippen LogP contribution in [-0.2, 0) is 4.79 Å². The van der Waals surface area contributed by atoms with Crippen LogP contribution in [0.3, 0.4) is 0 Å². The Labute approximate surface area is 93.9 Å². The number of carbonyl (C=O) groups excluding carboxylic acids is 1. The molecule has 84 valence electrons. The maximum atomic E-state index is 10.7. The molecule has 0 atom stereocenters. The summed E-state index contributed by atoms with van der Waals surface area (Å²) in [6.45, 7) is 2.04. The van der Waals surface area contributed by atoms with Crippen LogP contribution in [0, 0.1) is 0 Å². The summed E-state index contributed by atoms with van der Waals surface area (Å²) in [6.07, 6.45) is 2.19. The first-order valence-corrected chi connectivity index (χ1v) is 5.13. The van der Waals surface area contributed by atoms with Crippen molar-refractivity contribution in [2.24, 2.45) is 0 Å². The van der Waals surface area contributed by atoms with Gasteiger partial charge in [0.2, 0.25) is 5.91 Å². The summed E-state index contributed by atoms with van der Waals surface area (Å²) in [5.74, 6) is 2.10. The molecule has 2 rings (SSSR count). The van der Waals surface area contributed by atoms with Crippen molar-refractivity contribution in [3.63, 3.8) is 0 Å². The zero-order valence-corrected chi connectivity index (χ0v) is 9.03. The van der Waals surface area contributed by atoms with Crippen LogP contribution in [0.15, 0.2) is 36.3 Å². The number of nitrogens with one attached hydrogen (secondary N) is 1. The summed E-state index contributed by atoms with van der Waals surface area (Å²) in [4.78, 5) is 10.7. The molecular weight excluding hydrogens is 206 g/mol. The fourth-order valence-corrected chi connectivity index (χ4v) is 1.40. The lowest BCUT2D eigenvalue weighted by atomic mass is 10.3. The van der Waals surface area contributed by atoms with Crippen molar-refractivity contribution in [1.82, 2.24) is 5.32 Å². The fraction of sp³-hybridized carbons (Fsp3) is 0.250. The van der Waals surface area contributed by atoms with Crippen molar-refractivity contribution >= 4 is 5.91 Å². The van der Waals surface area contributed by atoms with Crippen molar-refractivity contribution < 1.29 is 14.3 Å². The molecule has 0 fully saturated rings. The standard InChI is InChI=1S/C12H13NO3/c1-9(14)13-7-6-10-8-15-11-4-2-3-5-12(11)16-10/h2-5,8H,6-7H2,1H3,(H,13,14). The predicted octanol–water partition coefficient (Wildman–Crippen LogP) is 1.83. The molecule has 1 aromatic rings. The molecule has 0 unspecified atom stereocenters. The monoisotopic (exact) mass is 219 g/mol. The number of ether oxygens (including phenoxy) is 2. The Kier molecular flexibility index (Phi) is 3.10. The van der Waals surface area contributed by atoms with E-state index in [2.05, 4.69) is 5.32 Å². The van der Waals surface area contributed by atoms with Gasteiger partial charge in [0.05, 0.1) is 0 Å². The van der Waals surface area contributed by atoms with Gasteiger partial charge in [-0.15, -0.1) is 0 Å². The predicted molar refractivity (Wildman–Crippen MR) is 59.1 cm³/mol. The lowest BCUT2D eigenvalue weighted by molar-refractivity contribution is -0.118. The van der Waals surface area contributed by atoms with Gasteiger partial charge in [0.1, 0.15) is 12.0 Å². The Morgan fingerprint density at radius 2 is 2.06 bits per heavy atom. The molecule has 0 spiro atoms. The van der Waals surface area contributed by atoms with Gasteiger partial charge >= 0.3 is 0 Å². The molecule has 0 saturated heterocycles. The number of hydrogen-bond donors (Lipinski definition) is 1. The highest BCUT2D eigenvalue weighted by molar-refractivity contribution is 5.72. The van der Waals surface area contributed by atoms with Gasteiger partial charge in [-0.3, -0.25) is 4.79 Å². The molecule has 0 saturated carbocycles. The smallest absolute Gasteiger partial charge is 0.216 e. The van der Waals surface area contributed by atoms with Crippen LogP contribution in [0.2, 0.25) is 0 Å². The quantitative estimate of drug-likeness (QED) is 0.843. The number of carbonyl (C=O) groups is 1. The Morgan fingerprint density at radius 1 is 1.31 bits per heavy atom. The van der Waals surface area contributed by atoms with Crippen LogP contribution < -0.4 is 14.8 Å². The summed E-state index contributed by atoms with van der Waals surface area (Å²) in [5, 5.41) is 2.70. The summed E-state index contributed by atoms with van der Waals surface area (Å²) in [7, 11) is 0.